The first-order chi connectivity index (χ1) is 14.6. The zero-order valence-electron chi connectivity index (χ0n) is 16.4. The first kappa shape index (κ1) is 21.6. The Kier molecular flexibility index (Phi) is 7.64. The summed E-state index contributed by atoms with van der Waals surface area (Å²) in [7, 11) is 3.17. The van der Waals surface area contributed by atoms with Gasteiger partial charge in [-0.1, -0.05) is 18.2 Å². The van der Waals surface area contributed by atoms with Crippen LogP contribution in [0.1, 0.15) is 5.56 Å². The molecule has 0 radical (unpaired) electrons. The Balaban J connectivity index is 1.55. The van der Waals surface area contributed by atoms with Crippen molar-refractivity contribution < 1.29 is 14.2 Å². The molecule has 2 N–H and O–H groups in total. The molecule has 3 aromatic carbocycles. The summed E-state index contributed by atoms with van der Waals surface area (Å²) in [5.41, 5.74) is 4.42. The average molecular weight is 486 g/mol. The van der Waals surface area contributed by atoms with Gasteiger partial charge in [-0.25, -0.2) is 0 Å². The van der Waals surface area contributed by atoms with Gasteiger partial charge in [-0.2, -0.15) is 5.10 Å². The topological polar surface area (TPSA) is 64.1 Å². The van der Waals surface area contributed by atoms with E-state index < -0.39 is 0 Å². The van der Waals surface area contributed by atoms with E-state index in [1.807, 2.05) is 66.7 Å². The average Bonchev–Trinajstić information content (AvgIpc) is 2.75. The van der Waals surface area contributed by atoms with Crippen LogP contribution < -0.4 is 25.0 Å². The van der Waals surface area contributed by atoms with Gasteiger partial charge in [0.2, 0.25) is 0 Å². The fraction of sp³-hybridized carbons (Fsp3) is 0.0909. The number of benzene rings is 3. The third-order valence-corrected chi connectivity index (χ3v) is 4.71. The van der Waals surface area contributed by atoms with Crippen molar-refractivity contribution in [3.05, 3.63) is 76.8 Å². The van der Waals surface area contributed by atoms with E-state index in [0.717, 1.165) is 27.2 Å². The lowest BCUT2D eigenvalue weighted by Crippen LogP contribution is -2.23. The van der Waals surface area contributed by atoms with E-state index in [1.165, 1.54) is 0 Å². The highest BCUT2D eigenvalue weighted by Crippen LogP contribution is 2.35. The standard InChI is InChI=1S/C22H20BrN3O3S/c1-27-20-13-15(12-19(23)21(20)28-2)14-24-26-22(30)25-16-8-10-18(11-9-16)29-17-6-4-3-5-7-17/h3-14H,1-2H3,(H2,25,26,30)/b24-14+. The molecule has 154 valence electrons. The Labute approximate surface area is 189 Å². The Bertz CT molecular complexity index is 1030. The van der Waals surface area contributed by atoms with Crippen LogP contribution in [0.2, 0.25) is 0 Å². The summed E-state index contributed by atoms with van der Waals surface area (Å²) < 4.78 is 17.2. The number of hydrazone groups is 1. The van der Waals surface area contributed by atoms with E-state index in [1.54, 1.807) is 20.4 Å². The number of hydrogen-bond acceptors (Lipinski definition) is 5. The van der Waals surface area contributed by atoms with Gasteiger partial charge in [0.25, 0.3) is 0 Å². The van der Waals surface area contributed by atoms with Crippen LogP contribution in [0.4, 0.5) is 5.69 Å². The van der Waals surface area contributed by atoms with Gasteiger partial charge in [0.1, 0.15) is 11.5 Å². The second-order valence-corrected chi connectivity index (χ2v) is 7.26. The summed E-state index contributed by atoms with van der Waals surface area (Å²) in [6, 6.07) is 20.8. The van der Waals surface area contributed by atoms with Gasteiger partial charge in [0.15, 0.2) is 16.6 Å². The molecule has 0 unspecified atom stereocenters. The molecule has 30 heavy (non-hydrogen) atoms. The minimum atomic E-state index is 0.363. The SMILES string of the molecule is COc1cc(/C=N/NC(=S)Nc2ccc(Oc3ccccc3)cc2)cc(Br)c1OC. The molecule has 0 spiro atoms. The van der Waals surface area contributed by atoms with E-state index in [0.29, 0.717) is 16.6 Å². The van der Waals surface area contributed by atoms with Crippen LogP contribution in [0.15, 0.2) is 76.3 Å². The Morgan fingerprint density at radius 3 is 2.33 bits per heavy atom. The van der Waals surface area contributed by atoms with Crippen LogP contribution in [-0.4, -0.2) is 25.5 Å². The monoisotopic (exact) mass is 485 g/mol. The van der Waals surface area contributed by atoms with Crippen LogP contribution in [0.5, 0.6) is 23.0 Å². The maximum Gasteiger partial charge on any atom is 0.191 e. The Hall–Kier alpha value is -3.10. The number of halogens is 1. The van der Waals surface area contributed by atoms with E-state index in [4.69, 9.17) is 26.4 Å². The minimum Gasteiger partial charge on any atom is -0.493 e. The molecule has 0 aliphatic heterocycles. The van der Waals surface area contributed by atoms with Gasteiger partial charge in [-0.05, 0) is 82.2 Å². The van der Waals surface area contributed by atoms with Crippen molar-refractivity contribution in [1.29, 1.82) is 0 Å². The van der Waals surface area contributed by atoms with Gasteiger partial charge >= 0.3 is 0 Å². The highest BCUT2D eigenvalue weighted by atomic mass is 79.9. The maximum atomic E-state index is 5.77. The summed E-state index contributed by atoms with van der Waals surface area (Å²) >= 11 is 8.74. The Morgan fingerprint density at radius 1 is 0.967 bits per heavy atom. The van der Waals surface area contributed by atoms with Crippen LogP contribution in [0, 0.1) is 0 Å². The lowest BCUT2D eigenvalue weighted by Gasteiger charge is -2.10. The number of rotatable bonds is 7. The molecule has 0 aliphatic rings. The zero-order chi connectivity index (χ0) is 21.3. The number of nitrogens with one attached hydrogen (secondary N) is 2. The second-order valence-electron chi connectivity index (χ2n) is 6.00. The summed E-state index contributed by atoms with van der Waals surface area (Å²) in [5, 5.41) is 7.59. The molecule has 0 saturated heterocycles. The van der Waals surface area contributed by atoms with Gasteiger partial charge in [0, 0.05) is 5.69 Å². The highest BCUT2D eigenvalue weighted by molar-refractivity contribution is 9.10. The molecule has 3 rings (SSSR count). The minimum absolute atomic E-state index is 0.363. The molecule has 8 heteroatoms. The van der Waals surface area contributed by atoms with Crippen LogP contribution in [-0.2, 0) is 0 Å². The lowest BCUT2D eigenvalue weighted by molar-refractivity contribution is 0.353. The molecule has 0 aliphatic carbocycles. The molecule has 3 aromatic rings. The largest absolute Gasteiger partial charge is 0.493 e. The molecule has 0 heterocycles. The molecule has 0 saturated carbocycles. The molecular formula is C22H20BrN3O3S. The number of anilines is 1. The Morgan fingerprint density at radius 2 is 1.67 bits per heavy atom. The second kappa shape index (κ2) is 10.6. The van der Waals surface area contributed by atoms with Crippen molar-refractivity contribution in [3.63, 3.8) is 0 Å². The van der Waals surface area contributed by atoms with Crippen molar-refractivity contribution in [3.8, 4) is 23.0 Å². The van der Waals surface area contributed by atoms with E-state index in [-0.39, 0.29) is 0 Å². The summed E-state index contributed by atoms with van der Waals surface area (Å²) in [5.74, 6) is 2.75. The van der Waals surface area contributed by atoms with Crippen molar-refractivity contribution in [1.82, 2.24) is 5.43 Å². The fourth-order valence-electron chi connectivity index (χ4n) is 2.57. The predicted octanol–water partition coefficient (Wildman–Crippen LogP) is 5.58. The summed E-state index contributed by atoms with van der Waals surface area (Å²) in [6.45, 7) is 0. The lowest BCUT2D eigenvalue weighted by atomic mass is 10.2. The normalized spacial score (nSPS) is 10.5. The molecular weight excluding hydrogens is 466 g/mol. The number of nitrogens with zero attached hydrogens (tertiary/aromatic N) is 1. The van der Waals surface area contributed by atoms with Crippen molar-refractivity contribution in [2.75, 3.05) is 19.5 Å². The van der Waals surface area contributed by atoms with E-state index >= 15 is 0 Å². The van der Waals surface area contributed by atoms with Crippen LogP contribution in [0.25, 0.3) is 0 Å². The van der Waals surface area contributed by atoms with Crippen molar-refractivity contribution >= 4 is 45.2 Å². The molecule has 0 amide bonds. The quantitative estimate of drug-likeness (QED) is 0.258. The molecule has 0 atom stereocenters. The third-order valence-electron chi connectivity index (χ3n) is 3.93. The summed E-state index contributed by atoms with van der Waals surface area (Å²) in [6.07, 6.45) is 1.64. The smallest absolute Gasteiger partial charge is 0.191 e. The maximum absolute atomic E-state index is 5.77. The van der Waals surface area contributed by atoms with Gasteiger partial charge in [-0.15, -0.1) is 0 Å². The molecule has 0 fully saturated rings. The summed E-state index contributed by atoms with van der Waals surface area (Å²) in [4.78, 5) is 0. The number of thiocarbonyl (C=S) groups is 1. The van der Waals surface area contributed by atoms with Gasteiger partial charge in [-0.3, -0.25) is 5.43 Å². The van der Waals surface area contributed by atoms with Crippen molar-refractivity contribution in [2.24, 2.45) is 5.10 Å². The number of methoxy groups -OCH3 is 2. The van der Waals surface area contributed by atoms with Gasteiger partial charge < -0.3 is 19.5 Å². The number of ether oxygens (including phenoxy) is 3. The molecule has 6 nitrogen and oxygen atoms in total. The van der Waals surface area contributed by atoms with E-state index in [9.17, 15) is 0 Å². The highest BCUT2D eigenvalue weighted by Gasteiger charge is 2.09. The zero-order valence-corrected chi connectivity index (χ0v) is 18.8. The van der Waals surface area contributed by atoms with Crippen LogP contribution >= 0.6 is 28.1 Å². The number of hydrogen-bond donors (Lipinski definition) is 2. The molecule has 0 aromatic heterocycles. The third kappa shape index (κ3) is 5.95. The first-order valence-electron chi connectivity index (χ1n) is 8.93. The molecule has 0 bridgehead atoms. The first-order valence-corrected chi connectivity index (χ1v) is 10.1. The van der Waals surface area contributed by atoms with Crippen LogP contribution in [0.3, 0.4) is 0 Å². The van der Waals surface area contributed by atoms with E-state index in [2.05, 4.69) is 31.8 Å². The fourth-order valence-corrected chi connectivity index (χ4v) is 3.36. The van der Waals surface area contributed by atoms with Crippen molar-refractivity contribution in [2.45, 2.75) is 0 Å². The number of para-hydroxylation sites is 1. The van der Waals surface area contributed by atoms with Gasteiger partial charge in [0.05, 0.1) is 24.9 Å². The predicted molar refractivity (Wildman–Crippen MR) is 127 cm³/mol.